The number of H-pyrrole nitrogens is 1. The lowest BCUT2D eigenvalue weighted by atomic mass is 10.1. The van der Waals surface area contributed by atoms with Crippen LogP contribution >= 0.6 is 0 Å². The second kappa shape index (κ2) is 6.37. The third kappa shape index (κ3) is 3.19. The number of likely N-dealkylation sites (tertiary alicyclic amines) is 1. The van der Waals surface area contributed by atoms with Gasteiger partial charge in [0, 0.05) is 19.1 Å². The number of para-hydroxylation sites is 1. The van der Waals surface area contributed by atoms with Crippen molar-refractivity contribution in [3.63, 3.8) is 0 Å². The molecule has 1 fully saturated rings. The highest BCUT2D eigenvalue weighted by atomic mass is 16.2. The predicted octanol–water partition coefficient (Wildman–Crippen LogP) is 0.876. The van der Waals surface area contributed by atoms with Crippen molar-refractivity contribution in [1.29, 1.82) is 0 Å². The smallest absolute Gasteiger partial charge is 0.287 e. The number of imidazole rings is 1. The van der Waals surface area contributed by atoms with Gasteiger partial charge < -0.3 is 20.9 Å². The van der Waals surface area contributed by atoms with Gasteiger partial charge in [-0.3, -0.25) is 9.59 Å². The summed E-state index contributed by atoms with van der Waals surface area (Å²) in [6.07, 6.45) is 1.87. The van der Waals surface area contributed by atoms with Crippen LogP contribution in [0.2, 0.25) is 0 Å². The second-order valence-corrected chi connectivity index (χ2v) is 5.83. The standard InChI is InChI=1S/C16H21N5O2/c1-2-21-8-6-10(7-9-21)18-16(23)15-19-12-5-3-4-11(14(17)22)13(12)20-15/h3-5,10H,2,6-9H2,1H3,(H2,17,22)(H,18,23)(H,19,20). The molecular weight excluding hydrogens is 294 g/mol. The van der Waals surface area contributed by atoms with E-state index in [1.165, 1.54) is 0 Å². The monoisotopic (exact) mass is 315 g/mol. The Hall–Kier alpha value is -2.41. The summed E-state index contributed by atoms with van der Waals surface area (Å²) in [7, 11) is 0. The summed E-state index contributed by atoms with van der Waals surface area (Å²) in [6.45, 7) is 5.17. The highest BCUT2D eigenvalue weighted by molar-refractivity contribution is 6.05. The average Bonchev–Trinajstić information content (AvgIpc) is 2.99. The van der Waals surface area contributed by atoms with Crippen molar-refractivity contribution < 1.29 is 9.59 Å². The molecule has 4 N–H and O–H groups in total. The maximum absolute atomic E-state index is 12.4. The number of carbonyl (C=O) groups is 2. The molecule has 2 heterocycles. The minimum absolute atomic E-state index is 0.161. The number of carbonyl (C=O) groups excluding carboxylic acids is 2. The summed E-state index contributed by atoms with van der Waals surface area (Å²) in [6, 6.07) is 5.25. The summed E-state index contributed by atoms with van der Waals surface area (Å²) in [5.41, 5.74) is 6.72. The van der Waals surface area contributed by atoms with E-state index in [2.05, 4.69) is 27.1 Å². The highest BCUT2D eigenvalue weighted by Gasteiger charge is 2.22. The van der Waals surface area contributed by atoms with Crippen molar-refractivity contribution in [2.75, 3.05) is 19.6 Å². The van der Waals surface area contributed by atoms with Crippen LogP contribution in [0.25, 0.3) is 11.0 Å². The molecule has 0 aliphatic carbocycles. The number of nitrogens with two attached hydrogens (primary N) is 1. The Kier molecular flexibility index (Phi) is 4.29. The van der Waals surface area contributed by atoms with E-state index < -0.39 is 5.91 Å². The first-order valence-electron chi connectivity index (χ1n) is 7.90. The summed E-state index contributed by atoms with van der Waals surface area (Å²) >= 11 is 0. The zero-order chi connectivity index (χ0) is 16.4. The Balaban J connectivity index is 1.74. The number of rotatable bonds is 4. The van der Waals surface area contributed by atoms with Crippen molar-refractivity contribution >= 4 is 22.8 Å². The van der Waals surface area contributed by atoms with Gasteiger partial charge >= 0.3 is 0 Å². The summed E-state index contributed by atoms with van der Waals surface area (Å²) in [5, 5.41) is 3.01. The van der Waals surface area contributed by atoms with Crippen molar-refractivity contribution in [1.82, 2.24) is 20.2 Å². The first-order chi connectivity index (χ1) is 11.1. The molecule has 2 aromatic rings. The molecule has 1 aliphatic heterocycles. The van der Waals surface area contributed by atoms with Crippen LogP contribution in [0.5, 0.6) is 0 Å². The lowest BCUT2D eigenvalue weighted by molar-refractivity contribution is 0.0902. The third-order valence-corrected chi connectivity index (χ3v) is 4.36. The number of nitrogens with one attached hydrogen (secondary N) is 2. The molecule has 0 spiro atoms. The largest absolute Gasteiger partial charge is 0.366 e. The molecule has 0 radical (unpaired) electrons. The first kappa shape index (κ1) is 15.5. The lowest BCUT2D eigenvalue weighted by Gasteiger charge is -2.31. The van der Waals surface area contributed by atoms with Crippen molar-refractivity contribution in [3.05, 3.63) is 29.6 Å². The maximum atomic E-state index is 12.4. The van der Waals surface area contributed by atoms with Crippen molar-refractivity contribution in [2.45, 2.75) is 25.8 Å². The van der Waals surface area contributed by atoms with Crippen LogP contribution in [0.15, 0.2) is 18.2 Å². The molecule has 0 saturated carbocycles. The summed E-state index contributed by atoms with van der Waals surface area (Å²) < 4.78 is 0. The molecule has 1 aliphatic rings. The zero-order valence-electron chi connectivity index (χ0n) is 13.1. The molecule has 1 aromatic heterocycles. The Morgan fingerprint density at radius 3 is 2.78 bits per heavy atom. The predicted molar refractivity (Wildman–Crippen MR) is 87.2 cm³/mol. The second-order valence-electron chi connectivity index (χ2n) is 5.83. The van der Waals surface area contributed by atoms with E-state index in [1.807, 2.05) is 0 Å². The number of fused-ring (bicyclic) bond motifs is 1. The molecule has 3 rings (SSSR count). The molecule has 0 atom stereocenters. The van der Waals surface area contributed by atoms with Gasteiger partial charge in [0.15, 0.2) is 5.82 Å². The van der Waals surface area contributed by atoms with Gasteiger partial charge in [0.2, 0.25) is 0 Å². The van der Waals surface area contributed by atoms with Gasteiger partial charge in [-0.25, -0.2) is 4.98 Å². The number of hydrogen-bond acceptors (Lipinski definition) is 4. The van der Waals surface area contributed by atoms with E-state index in [-0.39, 0.29) is 17.8 Å². The number of benzene rings is 1. The minimum atomic E-state index is -0.555. The van der Waals surface area contributed by atoms with Gasteiger partial charge in [0.25, 0.3) is 11.8 Å². The summed E-state index contributed by atoms with van der Waals surface area (Å²) in [5.74, 6) is -0.584. The first-order valence-corrected chi connectivity index (χ1v) is 7.90. The highest BCUT2D eigenvalue weighted by Crippen LogP contribution is 2.17. The molecule has 1 aromatic carbocycles. The van der Waals surface area contributed by atoms with Gasteiger partial charge in [-0.15, -0.1) is 0 Å². The van der Waals surface area contributed by atoms with Crippen LogP contribution in [-0.2, 0) is 0 Å². The van der Waals surface area contributed by atoms with Gasteiger partial charge in [0.1, 0.15) is 5.52 Å². The van der Waals surface area contributed by atoms with E-state index in [0.29, 0.717) is 16.6 Å². The third-order valence-electron chi connectivity index (χ3n) is 4.36. The molecule has 7 nitrogen and oxygen atoms in total. The number of hydrogen-bond donors (Lipinski definition) is 3. The van der Waals surface area contributed by atoms with Gasteiger partial charge in [-0.1, -0.05) is 13.0 Å². The molecule has 0 unspecified atom stereocenters. The van der Waals surface area contributed by atoms with E-state index >= 15 is 0 Å². The molecule has 1 saturated heterocycles. The van der Waals surface area contributed by atoms with Gasteiger partial charge in [-0.05, 0) is 31.5 Å². The quantitative estimate of drug-likeness (QED) is 0.779. The number of amides is 2. The number of aromatic amines is 1. The van der Waals surface area contributed by atoms with Crippen LogP contribution < -0.4 is 11.1 Å². The van der Waals surface area contributed by atoms with Gasteiger partial charge in [0.05, 0.1) is 11.1 Å². The Morgan fingerprint density at radius 2 is 2.13 bits per heavy atom. The number of aromatic nitrogens is 2. The number of piperidine rings is 1. The van der Waals surface area contributed by atoms with E-state index in [4.69, 9.17) is 5.73 Å². The molecule has 23 heavy (non-hydrogen) atoms. The SMILES string of the molecule is CCN1CCC(NC(=O)c2nc3c(C(N)=O)cccc3[nH]2)CC1. The molecule has 122 valence electrons. The van der Waals surface area contributed by atoms with Gasteiger partial charge in [-0.2, -0.15) is 0 Å². The topological polar surface area (TPSA) is 104 Å². The molecule has 0 bridgehead atoms. The normalized spacial score (nSPS) is 16.6. The molecular formula is C16H21N5O2. The van der Waals surface area contributed by atoms with Crippen molar-refractivity contribution in [2.24, 2.45) is 5.73 Å². The maximum Gasteiger partial charge on any atom is 0.287 e. The Bertz CT molecular complexity index is 731. The molecule has 7 heteroatoms. The van der Waals surface area contributed by atoms with E-state index in [1.54, 1.807) is 18.2 Å². The number of nitrogens with zero attached hydrogens (tertiary/aromatic N) is 2. The van der Waals surface area contributed by atoms with Crippen molar-refractivity contribution in [3.8, 4) is 0 Å². The zero-order valence-corrected chi connectivity index (χ0v) is 13.1. The number of primary amides is 1. The lowest BCUT2D eigenvalue weighted by Crippen LogP contribution is -2.44. The van der Waals surface area contributed by atoms with Crippen LogP contribution in [0.1, 0.15) is 40.7 Å². The van der Waals surface area contributed by atoms with E-state index in [0.717, 1.165) is 32.5 Å². The van der Waals surface area contributed by atoms with Crippen LogP contribution in [0.4, 0.5) is 0 Å². The Labute approximate surface area is 134 Å². The fourth-order valence-electron chi connectivity index (χ4n) is 2.99. The Morgan fingerprint density at radius 1 is 1.39 bits per heavy atom. The summed E-state index contributed by atoms with van der Waals surface area (Å²) in [4.78, 5) is 33.4. The fraction of sp³-hybridized carbons (Fsp3) is 0.438. The molecule has 2 amide bonds. The fourth-order valence-corrected chi connectivity index (χ4v) is 2.99. The van der Waals surface area contributed by atoms with Crippen LogP contribution in [-0.4, -0.2) is 52.4 Å². The van der Waals surface area contributed by atoms with Crippen LogP contribution in [0.3, 0.4) is 0 Å². The van der Waals surface area contributed by atoms with Crippen LogP contribution in [0, 0.1) is 0 Å². The minimum Gasteiger partial charge on any atom is -0.366 e. The van der Waals surface area contributed by atoms with E-state index in [9.17, 15) is 9.59 Å². The average molecular weight is 315 g/mol.